The van der Waals surface area contributed by atoms with E-state index in [9.17, 15) is 0 Å². The van der Waals surface area contributed by atoms with Crippen molar-refractivity contribution in [2.75, 3.05) is 6.61 Å². The van der Waals surface area contributed by atoms with E-state index in [4.69, 9.17) is 5.11 Å². The van der Waals surface area contributed by atoms with E-state index in [2.05, 4.69) is 37.9 Å². The minimum absolute atomic E-state index is 0.245. The molecule has 0 atom stereocenters. The van der Waals surface area contributed by atoms with Crippen LogP contribution in [0.2, 0.25) is 13.1 Å². The monoisotopic (exact) mass is 220 g/mol. The molecule has 0 aliphatic heterocycles. The first-order chi connectivity index (χ1) is 7.19. The molecule has 0 spiro atoms. The van der Waals surface area contributed by atoms with Crippen LogP contribution in [0, 0.1) is 0 Å². The lowest BCUT2D eigenvalue weighted by atomic mass is 10.1. The van der Waals surface area contributed by atoms with Crippen molar-refractivity contribution in [3.63, 3.8) is 0 Å². The minimum Gasteiger partial charge on any atom is -0.396 e. The normalized spacial score (nSPS) is 10.7. The van der Waals surface area contributed by atoms with E-state index in [0.29, 0.717) is 0 Å². The van der Waals surface area contributed by atoms with E-state index in [1.165, 1.54) is 16.3 Å². The summed E-state index contributed by atoms with van der Waals surface area (Å²) in [5, 5.41) is 10.5. The summed E-state index contributed by atoms with van der Waals surface area (Å²) in [6.45, 7) is 8.66. The Morgan fingerprint density at radius 1 is 1.40 bits per heavy atom. The van der Waals surface area contributed by atoms with Crippen molar-refractivity contribution >= 4 is 14.0 Å². The Labute approximate surface area is 94.1 Å². The standard InChI is InChI=1S/C13H20OSi/c1-4-5-11-6-7-12(8-9-14)13(10-11)15(2)3/h4,6-7,10,14-15H,1,5,8-9H2,2-3H3. The van der Waals surface area contributed by atoms with Crippen molar-refractivity contribution in [1.29, 1.82) is 0 Å². The number of aliphatic hydroxyl groups excluding tert-OH is 1. The summed E-state index contributed by atoms with van der Waals surface area (Å²) in [6.07, 6.45) is 3.66. The maximum atomic E-state index is 9.00. The lowest BCUT2D eigenvalue weighted by Crippen LogP contribution is -2.27. The van der Waals surface area contributed by atoms with Gasteiger partial charge in [0.15, 0.2) is 0 Å². The fourth-order valence-electron chi connectivity index (χ4n) is 1.82. The number of benzene rings is 1. The molecule has 0 amide bonds. The summed E-state index contributed by atoms with van der Waals surface area (Å²) < 4.78 is 0. The molecular formula is C13H20OSi. The van der Waals surface area contributed by atoms with Crippen LogP contribution in [0.25, 0.3) is 0 Å². The van der Waals surface area contributed by atoms with Gasteiger partial charge >= 0.3 is 0 Å². The third-order valence-corrected chi connectivity index (χ3v) is 4.37. The van der Waals surface area contributed by atoms with Gasteiger partial charge in [0, 0.05) is 6.61 Å². The van der Waals surface area contributed by atoms with Crippen LogP contribution in [0.3, 0.4) is 0 Å². The molecule has 1 N–H and O–H groups in total. The molecule has 0 aliphatic carbocycles. The average Bonchev–Trinajstić information content (AvgIpc) is 2.21. The van der Waals surface area contributed by atoms with E-state index in [-0.39, 0.29) is 6.61 Å². The quantitative estimate of drug-likeness (QED) is 0.591. The maximum absolute atomic E-state index is 9.00. The van der Waals surface area contributed by atoms with Gasteiger partial charge < -0.3 is 5.11 Å². The molecule has 82 valence electrons. The number of allylic oxidation sites excluding steroid dienone is 1. The predicted octanol–water partition coefficient (Wildman–Crippen LogP) is 1.64. The van der Waals surface area contributed by atoms with Gasteiger partial charge in [-0.2, -0.15) is 0 Å². The summed E-state index contributed by atoms with van der Waals surface area (Å²) in [4.78, 5) is 0. The second-order valence-corrected chi connectivity index (χ2v) is 7.09. The SMILES string of the molecule is C=CCc1ccc(CCO)c([SiH](C)C)c1. The van der Waals surface area contributed by atoms with E-state index >= 15 is 0 Å². The molecule has 1 rings (SSSR count). The smallest absolute Gasteiger partial charge is 0.0651 e. The van der Waals surface area contributed by atoms with Crippen LogP contribution in [-0.4, -0.2) is 20.5 Å². The van der Waals surface area contributed by atoms with Crippen LogP contribution in [0.1, 0.15) is 11.1 Å². The van der Waals surface area contributed by atoms with E-state index in [0.717, 1.165) is 12.8 Å². The van der Waals surface area contributed by atoms with Crippen molar-refractivity contribution < 1.29 is 5.11 Å². The lowest BCUT2D eigenvalue weighted by Gasteiger charge is -2.12. The molecule has 1 aromatic rings. The molecular weight excluding hydrogens is 200 g/mol. The Bertz CT molecular complexity index is 331. The molecule has 2 heteroatoms. The lowest BCUT2D eigenvalue weighted by molar-refractivity contribution is 0.300. The molecule has 0 aliphatic rings. The molecule has 0 fully saturated rings. The van der Waals surface area contributed by atoms with Crippen LogP contribution in [0.15, 0.2) is 30.9 Å². The van der Waals surface area contributed by atoms with Crippen LogP contribution in [0.5, 0.6) is 0 Å². The van der Waals surface area contributed by atoms with Crippen molar-refractivity contribution in [2.24, 2.45) is 0 Å². The Hall–Kier alpha value is -0.863. The fourth-order valence-corrected chi connectivity index (χ4v) is 3.35. The molecule has 0 radical (unpaired) electrons. The predicted molar refractivity (Wildman–Crippen MR) is 69.6 cm³/mol. The van der Waals surface area contributed by atoms with Crippen LogP contribution < -0.4 is 5.19 Å². The van der Waals surface area contributed by atoms with Gasteiger partial charge in [0.2, 0.25) is 0 Å². The second-order valence-electron chi connectivity index (χ2n) is 4.15. The molecule has 0 heterocycles. The topological polar surface area (TPSA) is 20.2 Å². The molecule has 1 nitrogen and oxygen atoms in total. The summed E-state index contributed by atoms with van der Waals surface area (Å²) in [6, 6.07) is 6.61. The van der Waals surface area contributed by atoms with Crippen molar-refractivity contribution in [3.8, 4) is 0 Å². The molecule has 0 aromatic heterocycles. The fraction of sp³-hybridized carbons (Fsp3) is 0.385. The van der Waals surface area contributed by atoms with Gasteiger partial charge in [0.1, 0.15) is 0 Å². The summed E-state index contributed by atoms with van der Waals surface area (Å²) in [5.74, 6) is 0. The summed E-state index contributed by atoms with van der Waals surface area (Å²) >= 11 is 0. The van der Waals surface area contributed by atoms with Crippen molar-refractivity contribution in [3.05, 3.63) is 42.0 Å². The van der Waals surface area contributed by atoms with Gasteiger partial charge in [0.25, 0.3) is 0 Å². The second kappa shape index (κ2) is 5.88. The zero-order valence-corrected chi connectivity index (χ0v) is 10.8. The number of hydrogen-bond donors (Lipinski definition) is 1. The maximum Gasteiger partial charge on any atom is 0.0651 e. The minimum atomic E-state index is -0.798. The number of rotatable bonds is 5. The van der Waals surface area contributed by atoms with Crippen LogP contribution in [-0.2, 0) is 12.8 Å². The first-order valence-corrected chi connectivity index (χ1v) is 8.41. The Morgan fingerprint density at radius 2 is 2.13 bits per heavy atom. The van der Waals surface area contributed by atoms with Gasteiger partial charge in [0.05, 0.1) is 8.80 Å². The Kier molecular flexibility index (Phi) is 4.79. The highest BCUT2D eigenvalue weighted by molar-refractivity contribution is 6.71. The molecule has 0 unspecified atom stereocenters. The van der Waals surface area contributed by atoms with E-state index in [1.54, 1.807) is 0 Å². The average molecular weight is 220 g/mol. The highest BCUT2D eigenvalue weighted by Crippen LogP contribution is 2.06. The first-order valence-electron chi connectivity index (χ1n) is 5.52. The van der Waals surface area contributed by atoms with Gasteiger partial charge in [-0.1, -0.05) is 42.6 Å². The number of hydrogen-bond acceptors (Lipinski definition) is 1. The van der Waals surface area contributed by atoms with Gasteiger partial charge in [-0.3, -0.25) is 0 Å². The van der Waals surface area contributed by atoms with Gasteiger partial charge in [-0.15, -0.1) is 6.58 Å². The Morgan fingerprint density at radius 3 is 2.67 bits per heavy atom. The number of aliphatic hydroxyl groups is 1. The zero-order chi connectivity index (χ0) is 11.3. The first kappa shape index (κ1) is 12.2. The van der Waals surface area contributed by atoms with Crippen molar-refractivity contribution in [1.82, 2.24) is 0 Å². The van der Waals surface area contributed by atoms with Crippen LogP contribution >= 0.6 is 0 Å². The molecule has 0 saturated carbocycles. The zero-order valence-electron chi connectivity index (χ0n) is 9.66. The third-order valence-electron chi connectivity index (χ3n) is 2.59. The van der Waals surface area contributed by atoms with Crippen LogP contribution in [0.4, 0.5) is 0 Å². The molecule has 15 heavy (non-hydrogen) atoms. The third kappa shape index (κ3) is 3.32. The van der Waals surface area contributed by atoms with Crippen molar-refractivity contribution in [2.45, 2.75) is 25.9 Å². The molecule has 0 saturated heterocycles. The molecule has 0 bridgehead atoms. The summed E-state index contributed by atoms with van der Waals surface area (Å²) in [5.41, 5.74) is 2.66. The van der Waals surface area contributed by atoms with Gasteiger partial charge in [-0.25, -0.2) is 0 Å². The highest BCUT2D eigenvalue weighted by Gasteiger charge is 2.07. The van der Waals surface area contributed by atoms with E-state index < -0.39 is 8.80 Å². The van der Waals surface area contributed by atoms with Gasteiger partial charge in [-0.05, 0) is 24.0 Å². The highest BCUT2D eigenvalue weighted by atomic mass is 28.3. The molecule has 1 aromatic carbocycles. The summed E-state index contributed by atoms with van der Waals surface area (Å²) in [7, 11) is -0.798. The Balaban J connectivity index is 3.02. The largest absolute Gasteiger partial charge is 0.396 e. The van der Waals surface area contributed by atoms with E-state index in [1.807, 2.05) is 6.08 Å².